The highest BCUT2D eigenvalue weighted by Gasteiger charge is 2.09. The fourth-order valence-corrected chi connectivity index (χ4v) is 3.03. The normalized spacial score (nSPS) is 10.7. The monoisotopic (exact) mass is 381 g/mol. The van der Waals surface area contributed by atoms with Crippen molar-refractivity contribution >= 4 is 40.5 Å². The van der Waals surface area contributed by atoms with Crippen molar-refractivity contribution in [2.24, 2.45) is 0 Å². The Balaban J connectivity index is 1.71. The molecule has 0 fully saturated rings. The Morgan fingerprint density at radius 1 is 0.958 bits per heavy atom. The van der Waals surface area contributed by atoms with Gasteiger partial charge in [-0.1, -0.05) is 34.8 Å². The van der Waals surface area contributed by atoms with Crippen LogP contribution in [0.25, 0.3) is 11.3 Å². The van der Waals surface area contributed by atoms with Crippen LogP contribution in [0.2, 0.25) is 15.1 Å². The molecule has 1 aromatic heterocycles. The van der Waals surface area contributed by atoms with Crippen molar-refractivity contribution in [2.75, 3.05) is 12.4 Å². The van der Waals surface area contributed by atoms with Crippen LogP contribution in [0.5, 0.6) is 5.75 Å². The van der Waals surface area contributed by atoms with E-state index in [0.29, 0.717) is 33.1 Å². The van der Waals surface area contributed by atoms with Crippen molar-refractivity contribution in [3.63, 3.8) is 0 Å². The maximum absolute atomic E-state index is 6.21. The Kier molecular flexibility index (Phi) is 5.24. The van der Waals surface area contributed by atoms with E-state index < -0.39 is 0 Å². The van der Waals surface area contributed by atoms with Gasteiger partial charge in [0.2, 0.25) is 0 Å². The first-order valence-electron chi connectivity index (χ1n) is 7.18. The number of methoxy groups -OCH3 is 1. The molecule has 6 heteroatoms. The minimum absolute atomic E-state index is 0.522. The summed E-state index contributed by atoms with van der Waals surface area (Å²) in [4.78, 5) is 0. The Hall–Kier alpha value is -1.81. The van der Waals surface area contributed by atoms with Gasteiger partial charge in [-0.25, -0.2) is 0 Å². The first-order valence-corrected chi connectivity index (χ1v) is 8.32. The van der Waals surface area contributed by atoms with Crippen LogP contribution in [-0.2, 0) is 6.54 Å². The predicted molar refractivity (Wildman–Crippen MR) is 99.5 cm³/mol. The summed E-state index contributed by atoms with van der Waals surface area (Å²) >= 11 is 18.2. The number of anilines is 1. The maximum Gasteiger partial charge on any atom is 0.137 e. The van der Waals surface area contributed by atoms with Gasteiger partial charge in [-0.2, -0.15) is 0 Å². The Morgan fingerprint density at radius 2 is 1.79 bits per heavy atom. The molecule has 0 radical (unpaired) electrons. The van der Waals surface area contributed by atoms with Gasteiger partial charge in [0.1, 0.15) is 17.3 Å². The van der Waals surface area contributed by atoms with Crippen LogP contribution in [0.3, 0.4) is 0 Å². The molecule has 3 rings (SSSR count). The summed E-state index contributed by atoms with van der Waals surface area (Å²) in [6.07, 6.45) is 0. The van der Waals surface area contributed by atoms with Crippen LogP contribution in [0.4, 0.5) is 5.69 Å². The second-order valence-electron chi connectivity index (χ2n) is 5.09. The molecule has 0 aliphatic rings. The number of halogens is 3. The highest BCUT2D eigenvalue weighted by atomic mass is 35.5. The molecule has 0 saturated carbocycles. The molecule has 3 aromatic rings. The summed E-state index contributed by atoms with van der Waals surface area (Å²) in [6, 6.07) is 14.6. The first kappa shape index (κ1) is 17.0. The van der Waals surface area contributed by atoms with Crippen LogP contribution in [-0.4, -0.2) is 7.11 Å². The summed E-state index contributed by atoms with van der Waals surface area (Å²) in [5.41, 5.74) is 1.68. The minimum Gasteiger partial charge on any atom is -0.495 e. The second-order valence-corrected chi connectivity index (χ2v) is 6.34. The van der Waals surface area contributed by atoms with Gasteiger partial charge in [0, 0.05) is 16.3 Å². The van der Waals surface area contributed by atoms with Gasteiger partial charge < -0.3 is 14.5 Å². The highest BCUT2D eigenvalue weighted by molar-refractivity contribution is 6.36. The molecule has 0 atom stereocenters. The molecule has 0 aliphatic heterocycles. The molecule has 3 nitrogen and oxygen atoms in total. The van der Waals surface area contributed by atoms with Gasteiger partial charge in [-0.3, -0.25) is 0 Å². The summed E-state index contributed by atoms with van der Waals surface area (Å²) in [5.74, 6) is 2.11. The van der Waals surface area contributed by atoms with Crippen LogP contribution in [0, 0.1) is 0 Å². The van der Waals surface area contributed by atoms with Gasteiger partial charge in [0.05, 0.1) is 23.7 Å². The third-order valence-electron chi connectivity index (χ3n) is 3.48. The quantitative estimate of drug-likeness (QED) is 0.545. The van der Waals surface area contributed by atoms with Gasteiger partial charge in [-0.15, -0.1) is 0 Å². The van der Waals surface area contributed by atoms with E-state index in [0.717, 1.165) is 17.0 Å². The lowest BCUT2D eigenvalue weighted by Crippen LogP contribution is -1.98. The van der Waals surface area contributed by atoms with Crippen molar-refractivity contribution in [3.05, 3.63) is 69.4 Å². The van der Waals surface area contributed by atoms with E-state index in [1.807, 2.05) is 30.3 Å². The van der Waals surface area contributed by atoms with Gasteiger partial charge >= 0.3 is 0 Å². The van der Waals surface area contributed by atoms with E-state index in [-0.39, 0.29) is 0 Å². The number of rotatable bonds is 5. The lowest BCUT2D eigenvalue weighted by atomic mass is 10.2. The van der Waals surface area contributed by atoms with Crippen molar-refractivity contribution < 1.29 is 9.15 Å². The number of nitrogens with one attached hydrogen (secondary N) is 1. The third-order valence-corrected chi connectivity index (χ3v) is 4.32. The summed E-state index contributed by atoms with van der Waals surface area (Å²) in [7, 11) is 1.58. The second kappa shape index (κ2) is 7.39. The van der Waals surface area contributed by atoms with E-state index in [9.17, 15) is 0 Å². The fraction of sp³-hybridized carbons (Fsp3) is 0.111. The average Bonchev–Trinajstić information content (AvgIpc) is 3.01. The molecule has 0 spiro atoms. The lowest BCUT2D eigenvalue weighted by Gasteiger charge is -2.08. The van der Waals surface area contributed by atoms with Crippen LogP contribution in [0.1, 0.15) is 5.76 Å². The SMILES string of the molecule is COc1ccc(NCc2ccc(-c3ccc(Cl)cc3Cl)o2)cc1Cl. The molecule has 0 amide bonds. The predicted octanol–water partition coefficient (Wildman–Crippen LogP) is 6.53. The Bertz CT molecular complexity index is 861. The molecule has 24 heavy (non-hydrogen) atoms. The fourth-order valence-electron chi connectivity index (χ4n) is 2.27. The highest BCUT2D eigenvalue weighted by Crippen LogP contribution is 2.32. The molecule has 0 aliphatic carbocycles. The molecule has 0 bridgehead atoms. The molecule has 0 saturated heterocycles. The van der Waals surface area contributed by atoms with E-state index >= 15 is 0 Å². The number of furan rings is 1. The summed E-state index contributed by atoms with van der Waals surface area (Å²) in [6.45, 7) is 0.522. The molecule has 124 valence electrons. The van der Waals surface area contributed by atoms with Gasteiger partial charge in [0.25, 0.3) is 0 Å². The largest absolute Gasteiger partial charge is 0.495 e. The number of hydrogen-bond donors (Lipinski definition) is 1. The third kappa shape index (κ3) is 3.81. The van der Waals surface area contributed by atoms with Crippen LogP contribution < -0.4 is 10.1 Å². The van der Waals surface area contributed by atoms with Crippen molar-refractivity contribution in [3.8, 4) is 17.1 Å². The Morgan fingerprint density at radius 3 is 2.50 bits per heavy atom. The van der Waals surface area contributed by atoms with E-state index in [2.05, 4.69) is 5.32 Å². The van der Waals surface area contributed by atoms with Crippen LogP contribution in [0.15, 0.2) is 52.9 Å². The smallest absolute Gasteiger partial charge is 0.137 e. The average molecular weight is 383 g/mol. The topological polar surface area (TPSA) is 34.4 Å². The van der Waals surface area contributed by atoms with Gasteiger partial charge in [-0.05, 0) is 48.5 Å². The minimum atomic E-state index is 0.522. The molecule has 1 N–H and O–H groups in total. The molecular weight excluding hydrogens is 369 g/mol. The van der Waals surface area contributed by atoms with Crippen LogP contribution >= 0.6 is 34.8 Å². The summed E-state index contributed by atoms with van der Waals surface area (Å²) in [5, 5.41) is 4.95. The van der Waals surface area contributed by atoms with Gasteiger partial charge in [0.15, 0.2) is 0 Å². The van der Waals surface area contributed by atoms with Crippen molar-refractivity contribution in [2.45, 2.75) is 6.54 Å². The standard InChI is InChI=1S/C18H14Cl3NO2/c1-23-18-6-3-12(9-16(18)21)22-10-13-4-7-17(24-13)14-5-2-11(19)8-15(14)20/h2-9,22H,10H2,1H3. The zero-order valence-corrected chi connectivity index (χ0v) is 15.0. The summed E-state index contributed by atoms with van der Waals surface area (Å²) < 4.78 is 11.0. The van der Waals surface area contributed by atoms with Crippen molar-refractivity contribution in [1.82, 2.24) is 0 Å². The van der Waals surface area contributed by atoms with Crippen molar-refractivity contribution in [1.29, 1.82) is 0 Å². The zero-order valence-electron chi connectivity index (χ0n) is 12.8. The number of benzene rings is 2. The zero-order chi connectivity index (χ0) is 17.1. The molecule has 1 heterocycles. The van der Waals surface area contributed by atoms with E-state index in [4.69, 9.17) is 44.0 Å². The Labute approximate surface area is 155 Å². The number of hydrogen-bond acceptors (Lipinski definition) is 3. The molecular formula is C18H14Cl3NO2. The van der Waals surface area contributed by atoms with E-state index in [1.165, 1.54) is 0 Å². The van der Waals surface area contributed by atoms with E-state index in [1.54, 1.807) is 25.3 Å². The maximum atomic E-state index is 6.21. The first-order chi connectivity index (χ1) is 11.6. The lowest BCUT2D eigenvalue weighted by molar-refractivity contribution is 0.415. The number of ether oxygens (including phenoxy) is 1. The molecule has 0 unspecified atom stereocenters. The molecule has 2 aromatic carbocycles.